The van der Waals surface area contributed by atoms with Gasteiger partial charge in [0.2, 0.25) is 0 Å². The van der Waals surface area contributed by atoms with Crippen LogP contribution in [0.2, 0.25) is 0 Å². The number of nitro benzene ring substituents is 1. The quantitative estimate of drug-likeness (QED) is 0.616. The molecule has 0 aliphatic heterocycles. The Bertz CT molecular complexity index is 379. The first-order valence-electron chi connectivity index (χ1n) is 5.06. The molecule has 0 aliphatic rings. The summed E-state index contributed by atoms with van der Waals surface area (Å²) in [6.45, 7) is 4.27. The van der Waals surface area contributed by atoms with Gasteiger partial charge in [-0.05, 0) is 25.5 Å². The minimum Gasteiger partial charge on any atom is -0.380 e. The molecule has 0 saturated heterocycles. The summed E-state index contributed by atoms with van der Waals surface area (Å²) in [7, 11) is 1.61. The van der Waals surface area contributed by atoms with Crippen molar-refractivity contribution in [3.05, 3.63) is 33.9 Å². The second kappa shape index (κ2) is 5.46. The fourth-order valence-corrected chi connectivity index (χ4v) is 1.28. The zero-order valence-corrected chi connectivity index (χ0v) is 9.69. The van der Waals surface area contributed by atoms with Crippen molar-refractivity contribution in [1.29, 1.82) is 0 Å². The summed E-state index contributed by atoms with van der Waals surface area (Å²) in [5.41, 5.74) is 1.50. The molecule has 0 fully saturated rings. The van der Waals surface area contributed by atoms with Gasteiger partial charge < -0.3 is 10.1 Å². The molecule has 0 amide bonds. The van der Waals surface area contributed by atoms with Gasteiger partial charge in [-0.25, -0.2) is 0 Å². The molecule has 1 unspecified atom stereocenters. The Morgan fingerprint density at radius 3 is 2.81 bits per heavy atom. The molecule has 0 aromatic heterocycles. The maximum Gasteiger partial charge on any atom is 0.292 e. The van der Waals surface area contributed by atoms with Crippen LogP contribution in [-0.2, 0) is 4.74 Å². The van der Waals surface area contributed by atoms with Crippen LogP contribution in [0.15, 0.2) is 18.2 Å². The summed E-state index contributed by atoms with van der Waals surface area (Å²) in [6.07, 6.45) is 0.0147. The Morgan fingerprint density at radius 1 is 1.56 bits per heavy atom. The molecule has 0 radical (unpaired) electrons. The zero-order chi connectivity index (χ0) is 12.1. The number of rotatable bonds is 5. The lowest BCUT2D eigenvalue weighted by Crippen LogP contribution is -2.18. The van der Waals surface area contributed by atoms with Gasteiger partial charge in [0.15, 0.2) is 0 Å². The molecule has 5 heteroatoms. The third kappa shape index (κ3) is 3.20. The Hall–Kier alpha value is -1.62. The average Bonchev–Trinajstić information content (AvgIpc) is 2.26. The van der Waals surface area contributed by atoms with Crippen LogP contribution in [0.1, 0.15) is 12.5 Å². The predicted molar refractivity (Wildman–Crippen MR) is 62.8 cm³/mol. The van der Waals surface area contributed by atoms with Crippen molar-refractivity contribution in [2.24, 2.45) is 0 Å². The molecule has 1 aromatic carbocycles. The number of aryl methyl sites for hydroxylation is 1. The molecule has 16 heavy (non-hydrogen) atoms. The fraction of sp³-hybridized carbons (Fsp3) is 0.455. The Balaban J connectivity index is 2.82. The van der Waals surface area contributed by atoms with E-state index < -0.39 is 0 Å². The molecule has 0 bridgehead atoms. The van der Waals surface area contributed by atoms with E-state index >= 15 is 0 Å². The van der Waals surface area contributed by atoms with Crippen molar-refractivity contribution < 1.29 is 9.66 Å². The monoisotopic (exact) mass is 224 g/mol. The van der Waals surface area contributed by atoms with Gasteiger partial charge in [-0.2, -0.15) is 0 Å². The number of benzene rings is 1. The summed E-state index contributed by atoms with van der Waals surface area (Å²) in [5.74, 6) is 0. The smallest absolute Gasteiger partial charge is 0.292 e. The maximum atomic E-state index is 10.8. The molecule has 0 heterocycles. The first-order chi connectivity index (χ1) is 7.54. The van der Waals surface area contributed by atoms with E-state index in [4.69, 9.17) is 4.74 Å². The van der Waals surface area contributed by atoms with Gasteiger partial charge in [-0.3, -0.25) is 10.1 Å². The number of nitro groups is 1. The molecular formula is C11H16N2O3. The molecule has 0 spiro atoms. The maximum absolute atomic E-state index is 10.8. The Morgan fingerprint density at radius 2 is 2.25 bits per heavy atom. The molecule has 1 aromatic rings. The van der Waals surface area contributed by atoms with E-state index in [9.17, 15) is 10.1 Å². The number of anilines is 1. The molecule has 0 aliphatic carbocycles. The van der Waals surface area contributed by atoms with Crippen LogP contribution < -0.4 is 5.32 Å². The van der Waals surface area contributed by atoms with Gasteiger partial charge in [-0.15, -0.1) is 0 Å². The third-order valence-electron chi connectivity index (χ3n) is 2.33. The van der Waals surface area contributed by atoms with Gasteiger partial charge >= 0.3 is 0 Å². The topological polar surface area (TPSA) is 64.4 Å². The Kier molecular flexibility index (Phi) is 4.25. The van der Waals surface area contributed by atoms with E-state index in [1.165, 1.54) is 0 Å². The predicted octanol–water partition coefficient (Wildman–Crippen LogP) is 2.35. The van der Waals surface area contributed by atoms with Crippen LogP contribution in [0, 0.1) is 17.0 Å². The lowest BCUT2D eigenvalue weighted by molar-refractivity contribution is -0.384. The highest BCUT2D eigenvalue weighted by molar-refractivity contribution is 5.62. The van der Waals surface area contributed by atoms with E-state index in [0.29, 0.717) is 12.2 Å². The van der Waals surface area contributed by atoms with Crippen molar-refractivity contribution in [3.8, 4) is 0 Å². The largest absolute Gasteiger partial charge is 0.380 e. The zero-order valence-electron chi connectivity index (χ0n) is 9.69. The van der Waals surface area contributed by atoms with Crippen LogP contribution in [0.4, 0.5) is 11.4 Å². The number of hydrogen-bond acceptors (Lipinski definition) is 4. The van der Waals surface area contributed by atoms with Crippen LogP contribution in [0.3, 0.4) is 0 Å². The van der Waals surface area contributed by atoms with Gasteiger partial charge in [0.05, 0.1) is 11.0 Å². The van der Waals surface area contributed by atoms with Crippen LogP contribution in [0.5, 0.6) is 0 Å². The van der Waals surface area contributed by atoms with Crippen LogP contribution in [0.25, 0.3) is 0 Å². The highest BCUT2D eigenvalue weighted by Gasteiger charge is 2.13. The molecule has 88 valence electrons. The van der Waals surface area contributed by atoms with E-state index in [-0.39, 0.29) is 16.7 Å². The van der Waals surface area contributed by atoms with Crippen molar-refractivity contribution in [2.75, 3.05) is 19.0 Å². The first-order valence-corrected chi connectivity index (χ1v) is 5.06. The highest BCUT2D eigenvalue weighted by Crippen LogP contribution is 2.25. The SMILES string of the molecule is COC(C)CNc1ccc(C)cc1[N+](=O)[O-]. The highest BCUT2D eigenvalue weighted by atomic mass is 16.6. The standard InChI is InChI=1S/C11H16N2O3/c1-8-4-5-10(11(6-8)13(14)15)12-7-9(2)16-3/h4-6,9,12H,7H2,1-3H3. The summed E-state index contributed by atoms with van der Waals surface area (Å²) in [6, 6.07) is 5.11. The summed E-state index contributed by atoms with van der Waals surface area (Å²) in [4.78, 5) is 10.4. The third-order valence-corrected chi connectivity index (χ3v) is 2.33. The minimum atomic E-state index is -0.382. The van der Waals surface area contributed by atoms with Crippen molar-refractivity contribution in [1.82, 2.24) is 0 Å². The van der Waals surface area contributed by atoms with Crippen molar-refractivity contribution in [3.63, 3.8) is 0 Å². The van der Waals surface area contributed by atoms with E-state index in [2.05, 4.69) is 5.32 Å². The van der Waals surface area contributed by atoms with E-state index in [1.807, 2.05) is 19.9 Å². The first kappa shape index (κ1) is 12.4. The second-order valence-electron chi connectivity index (χ2n) is 3.70. The number of hydrogen-bond donors (Lipinski definition) is 1. The molecule has 5 nitrogen and oxygen atoms in total. The second-order valence-corrected chi connectivity index (χ2v) is 3.70. The van der Waals surface area contributed by atoms with Gasteiger partial charge in [-0.1, -0.05) is 6.07 Å². The van der Waals surface area contributed by atoms with Gasteiger partial charge in [0, 0.05) is 19.7 Å². The lowest BCUT2D eigenvalue weighted by Gasteiger charge is -2.12. The molecule has 1 atom stereocenters. The normalized spacial score (nSPS) is 12.2. The number of nitrogens with one attached hydrogen (secondary N) is 1. The molecule has 1 N–H and O–H groups in total. The number of methoxy groups -OCH3 is 1. The summed E-state index contributed by atoms with van der Waals surface area (Å²) in [5, 5.41) is 13.8. The molecular weight excluding hydrogens is 208 g/mol. The van der Waals surface area contributed by atoms with Crippen molar-refractivity contribution in [2.45, 2.75) is 20.0 Å². The minimum absolute atomic E-state index is 0.0147. The fourth-order valence-electron chi connectivity index (χ4n) is 1.28. The van der Waals surface area contributed by atoms with Gasteiger partial charge in [0.25, 0.3) is 5.69 Å². The van der Waals surface area contributed by atoms with Crippen LogP contribution >= 0.6 is 0 Å². The average molecular weight is 224 g/mol. The van der Waals surface area contributed by atoms with Gasteiger partial charge in [0.1, 0.15) is 5.69 Å². The van der Waals surface area contributed by atoms with Crippen LogP contribution in [-0.4, -0.2) is 24.7 Å². The molecule has 0 saturated carbocycles. The van der Waals surface area contributed by atoms with E-state index in [0.717, 1.165) is 5.56 Å². The van der Waals surface area contributed by atoms with Crippen molar-refractivity contribution >= 4 is 11.4 Å². The Labute approximate surface area is 94.6 Å². The lowest BCUT2D eigenvalue weighted by atomic mass is 10.2. The van der Waals surface area contributed by atoms with E-state index in [1.54, 1.807) is 19.2 Å². The summed E-state index contributed by atoms with van der Waals surface area (Å²) < 4.78 is 5.06. The molecule has 1 rings (SSSR count). The summed E-state index contributed by atoms with van der Waals surface area (Å²) >= 11 is 0. The number of nitrogens with zero attached hydrogens (tertiary/aromatic N) is 1. The number of ether oxygens (including phenoxy) is 1.